The van der Waals surface area contributed by atoms with Gasteiger partial charge in [0.1, 0.15) is 13.2 Å². The van der Waals surface area contributed by atoms with Crippen molar-refractivity contribution < 1.29 is 28.7 Å². The Morgan fingerprint density at radius 2 is 0.868 bits per heavy atom. The third-order valence-corrected chi connectivity index (χ3v) is 9.07. The van der Waals surface area contributed by atoms with Gasteiger partial charge in [-0.25, -0.2) is 0 Å². The molecule has 0 spiro atoms. The van der Waals surface area contributed by atoms with Crippen molar-refractivity contribution in [3.05, 3.63) is 0 Å². The van der Waals surface area contributed by atoms with Gasteiger partial charge in [-0.3, -0.25) is 28.6 Å². The van der Waals surface area contributed by atoms with Gasteiger partial charge in [-0.05, 0) is 12.8 Å². The molecule has 0 saturated heterocycles. The largest absolute Gasteiger partial charge is 0.465 e. The lowest BCUT2D eigenvalue weighted by atomic mass is 10.1. The minimum atomic E-state index is -0.757. The smallest absolute Gasteiger partial charge is 0.320 e. The molecule has 2 amide bonds. The molecule has 0 aliphatic heterocycles. The van der Waals surface area contributed by atoms with Gasteiger partial charge in [0.25, 0.3) is 0 Å². The molecule has 8 nitrogen and oxygen atoms in total. The highest BCUT2D eigenvalue weighted by molar-refractivity contribution is 8.76. The first kappa shape index (κ1) is 37.3. The molecule has 0 radical (unpaired) electrons. The van der Waals surface area contributed by atoms with Crippen LogP contribution in [0.1, 0.15) is 117 Å². The van der Waals surface area contributed by atoms with Gasteiger partial charge in [0.05, 0.1) is 0 Å². The molecule has 0 rings (SSSR count). The van der Waals surface area contributed by atoms with E-state index in [1.807, 2.05) is 0 Å². The van der Waals surface area contributed by atoms with E-state index in [4.69, 9.17) is 9.47 Å². The summed E-state index contributed by atoms with van der Waals surface area (Å²) in [5.74, 6) is -0.870. The van der Waals surface area contributed by atoms with Crippen LogP contribution in [0.5, 0.6) is 0 Å². The molecule has 0 aromatic heterocycles. The maximum atomic E-state index is 11.8. The van der Waals surface area contributed by atoms with Crippen molar-refractivity contribution in [3.8, 4) is 0 Å². The topological polar surface area (TPSA) is 111 Å². The van der Waals surface area contributed by atoms with Gasteiger partial charge in [-0.2, -0.15) is 0 Å². The van der Waals surface area contributed by atoms with E-state index in [0.29, 0.717) is 24.3 Å². The Kier molecular flexibility index (Phi) is 28.7. The number of esters is 2. The number of carbonyl (C=O) groups excluding carboxylic acids is 4. The molecule has 38 heavy (non-hydrogen) atoms. The number of carbonyl (C=O) groups is 4. The average Bonchev–Trinajstić information content (AvgIpc) is 2.91. The molecular weight excluding hydrogens is 565 g/mol. The normalized spacial score (nSPS) is 10.7. The van der Waals surface area contributed by atoms with Gasteiger partial charge < -0.3 is 9.47 Å². The number of hydrogen-bond acceptors (Lipinski definition) is 10. The Hall–Kier alpha value is -0.720. The Morgan fingerprint density at radius 1 is 0.526 bits per heavy atom. The molecule has 0 fully saturated rings. The summed E-state index contributed by atoms with van der Waals surface area (Å²) in [6.45, 7) is 4.93. The average molecular weight is 613 g/mol. The van der Waals surface area contributed by atoms with Crippen molar-refractivity contribution in [3.63, 3.8) is 0 Å². The van der Waals surface area contributed by atoms with Gasteiger partial charge in [0.2, 0.25) is 0 Å². The van der Waals surface area contributed by atoms with Crippen LogP contribution in [-0.2, 0) is 28.7 Å². The fourth-order valence-corrected chi connectivity index (χ4v) is 5.93. The van der Waals surface area contributed by atoms with Crippen molar-refractivity contribution >= 4 is 67.3 Å². The number of rotatable bonds is 26. The molecule has 12 heteroatoms. The molecular formula is C26H48N2O6S4. The van der Waals surface area contributed by atoms with E-state index in [2.05, 4.69) is 23.3 Å². The maximum Gasteiger partial charge on any atom is 0.320 e. The second-order valence-corrected chi connectivity index (χ2v) is 13.3. The number of hydrogen-bond donors (Lipinski definition) is 2. The molecule has 0 aliphatic carbocycles. The maximum absolute atomic E-state index is 11.8. The second kappa shape index (κ2) is 29.3. The lowest BCUT2D eigenvalue weighted by Crippen LogP contribution is -2.33. The van der Waals surface area contributed by atoms with Gasteiger partial charge in [-0.1, -0.05) is 112 Å². The molecule has 0 aliphatic rings. The van der Waals surface area contributed by atoms with Crippen LogP contribution in [0.2, 0.25) is 0 Å². The summed E-state index contributed by atoms with van der Waals surface area (Å²) in [4.78, 5) is 47.0. The first-order chi connectivity index (χ1) is 18.5. The van der Waals surface area contributed by atoms with E-state index in [-0.39, 0.29) is 25.2 Å². The fraction of sp³-hybridized carbons (Fsp3) is 0.846. The van der Waals surface area contributed by atoms with E-state index < -0.39 is 11.8 Å². The molecule has 2 N–H and O–H groups in total. The summed E-state index contributed by atoms with van der Waals surface area (Å²) < 4.78 is 15.2. The Bertz CT molecular complexity index is 577. The quantitative estimate of drug-likeness (QED) is 0.0343. The van der Waals surface area contributed by atoms with Crippen LogP contribution in [0.3, 0.4) is 0 Å². The highest BCUT2D eigenvalue weighted by Crippen LogP contribution is 2.19. The second-order valence-electron chi connectivity index (χ2n) is 8.86. The number of amides is 2. The van der Waals surface area contributed by atoms with Crippen LogP contribution in [0.4, 0.5) is 0 Å². The van der Waals surface area contributed by atoms with Crippen LogP contribution in [0.25, 0.3) is 0 Å². The zero-order chi connectivity index (χ0) is 28.1. The molecule has 222 valence electrons. The lowest BCUT2D eigenvalue weighted by Gasteiger charge is -2.06. The first-order valence-corrected chi connectivity index (χ1v) is 18.6. The van der Waals surface area contributed by atoms with E-state index in [0.717, 1.165) is 47.6 Å². The Labute approximate surface area is 245 Å². The third kappa shape index (κ3) is 26.9. The van der Waals surface area contributed by atoms with E-state index in [1.54, 1.807) is 0 Å². The summed E-state index contributed by atoms with van der Waals surface area (Å²) >= 11 is 0. The minimum absolute atomic E-state index is 0.190. The van der Waals surface area contributed by atoms with Crippen LogP contribution in [0, 0.1) is 0 Å². The van der Waals surface area contributed by atoms with E-state index in [9.17, 15) is 19.2 Å². The van der Waals surface area contributed by atoms with Crippen molar-refractivity contribution in [2.45, 2.75) is 117 Å². The highest BCUT2D eigenvalue weighted by Gasteiger charge is 2.13. The molecule has 0 bridgehead atoms. The highest BCUT2D eigenvalue weighted by atomic mass is 33.1. The van der Waals surface area contributed by atoms with Gasteiger partial charge in [0, 0.05) is 46.3 Å². The monoisotopic (exact) mass is 612 g/mol. The lowest BCUT2D eigenvalue weighted by molar-refractivity contribution is -0.144. The molecule has 0 aromatic carbocycles. The SMILES string of the molecule is CCCCCCCCCC(=O)OCCSSNC(=O)C(=O)NSSCCOC(=O)CCCCCCCCC. The van der Waals surface area contributed by atoms with Crippen LogP contribution in [0.15, 0.2) is 0 Å². The fourth-order valence-electron chi connectivity index (χ4n) is 3.29. The van der Waals surface area contributed by atoms with E-state index in [1.165, 1.54) is 85.8 Å². The van der Waals surface area contributed by atoms with Gasteiger partial charge in [-0.15, -0.1) is 0 Å². The molecule has 0 saturated carbocycles. The predicted octanol–water partition coefficient (Wildman–Crippen LogP) is 7.18. The summed E-state index contributed by atoms with van der Waals surface area (Å²) in [6, 6.07) is 0. The molecule has 0 atom stereocenters. The summed E-state index contributed by atoms with van der Waals surface area (Å²) in [5, 5.41) is 0. The summed E-state index contributed by atoms with van der Waals surface area (Å²) in [6.07, 6.45) is 17.1. The summed E-state index contributed by atoms with van der Waals surface area (Å²) in [5.41, 5.74) is 0. The predicted molar refractivity (Wildman–Crippen MR) is 164 cm³/mol. The van der Waals surface area contributed by atoms with Crippen molar-refractivity contribution in [1.82, 2.24) is 9.44 Å². The van der Waals surface area contributed by atoms with Crippen LogP contribution >= 0.6 is 43.5 Å². The summed E-state index contributed by atoms with van der Waals surface area (Å²) in [7, 11) is 4.65. The minimum Gasteiger partial charge on any atom is -0.465 e. The molecule has 0 unspecified atom stereocenters. The Balaban J connectivity index is 3.49. The number of nitrogens with one attached hydrogen (secondary N) is 2. The van der Waals surface area contributed by atoms with Gasteiger partial charge >= 0.3 is 23.8 Å². The number of ether oxygens (including phenoxy) is 2. The molecule has 0 heterocycles. The van der Waals surface area contributed by atoms with Crippen molar-refractivity contribution in [2.24, 2.45) is 0 Å². The third-order valence-electron chi connectivity index (χ3n) is 5.42. The van der Waals surface area contributed by atoms with E-state index >= 15 is 0 Å². The van der Waals surface area contributed by atoms with Gasteiger partial charge in [0.15, 0.2) is 0 Å². The molecule has 0 aromatic rings. The zero-order valence-corrected chi connectivity index (χ0v) is 26.5. The van der Waals surface area contributed by atoms with Crippen LogP contribution < -0.4 is 9.44 Å². The number of unbranched alkanes of at least 4 members (excludes halogenated alkanes) is 12. The van der Waals surface area contributed by atoms with Crippen LogP contribution in [-0.4, -0.2) is 48.5 Å². The van der Waals surface area contributed by atoms with Crippen molar-refractivity contribution in [1.29, 1.82) is 0 Å². The zero-order valence-electron chi connectivity index (χ0n) is 23.2. The Morgan fingerprint density at radius 3 is 1.24 bits per heavy atom. The van der Waals surface area contributed by atoms with Crippen molar-refractivity contribution in [2.75, 3.05) is 24.7 Å². The standard InChI is InChI=1S/C26H48N2O6S4/c1-3-5-7-9-11-13-15-17-23(29)33-19-21-35-37-27-25(31)26(32)28-38-36-22-20-34-24(30)18-16-14-12-10-8-6-4-2/h3-22H2,1-2H3,(H,27,31)(H,28,32). The first-order valence-electron chi connectivity index (χ1n) is 14.0.